The average molecular weight is 323 g/mol. The van der Waals surface area contributed by atoms with E-state index >= 15 is 0 Å². The first-order chi connectivity index (χ1) is 8.39. The average Bonchev–Trinajstić information content (AvgIpc) is 2.28. The molecule has 1 rings (SSSR count). The molecule has 0 saturated carbocycles. The van der Waals surface area contributed by atoms with Crippen molar-refractivity contribution in [3.8, 4) is 0 Å². The number of nitrogens with zero attached hydrogens (tertiary/aromatic N) is 1. The molecule has 1 heterocycles. The third kappa shape index (κ3) is 7.93. The van der Waals surface area contributed by atoms with Gasteiger partial charge < -0.3 is 16.4 Å². The molecule has 6 nitrogen and oxygen atoms in total. The SMILES string of the molecule is CC(C)(N)C(=O)NCCC(=O)Nc1ccncc1.Cl.Cl. The van der Waals surface area contributed by atoms with E-state index < -0.39 is 5.54 Å². The van der Waals surface area contributed by atoms with Crippen LogP contribution < -0.4 is 16.4 Å². The Morgan fingerprint density at radius 1 is 1.25 bits per heavy atom. The van der Waals surface area contributed by atoms with E-state index in [2.05, 4.69) is 15.6 Å². The number of nitrogens with one attached hydrogen (secondary N) is 2. The number of carbonyl (C=O) groups excluding carboxylic acids is 2. The molecule has 20 heavy (non-hydrogen) atoms. The summed E-state index contributed by atoms with van der Waals surface area (Å²) in [4.78, 5) is 26.8. The van der Waals surface area contributed by atoms with Gasteiger partial charge in [0, 0.05) is 31.0 Å². The Hall–Kier alpha value is -1.37. The van der Waals surface area contributed by atoms with E-state index in [4.69, 9.17) is 5.73 Å². The first-order valence-electron chi connectivity index (χ1n) is 5.66. The normalized spacial score (nSPS) is 9.75. The highest BCUT2D eigenvalue weighted by Crippen LogP contribution is 2.03. The maximum absolute atomic E-state index is 11.5. The van der Waals surface area contributed by atoms with Gasteiger partial charge >= 0.3 is 0 Å². The fraction of sp³-hybridized carbons (Fsp3) is 0.417. The van der Waals surface area contributed by atoms with Crippen LogP contribution in [0.4, 0.5) is 5.69 Å². The standard InChI is InChI=1S/C12H18N4O2.2ClH/c1-12(2,13)11(18)15-8-5-10(17)16-9-3-6-14-7-4-9;;/h3-4,6-7H,5,8,13H2,1-2H3,(H,15,18)(H,14,16,17);2*1H. The maximum atomic E-state index is 11.5. The first-order valence-corrected chi connectivity index (χ1v) is 5.66. The molecular formula is C12H20Cl2N4O2. The van der Waals surface area contributed by atoms with Crippen LogP contribution in [0.3, 0.4) is 0 Å². The zero-order valence-electron chi connectivity index (χ0n) is 11.4. The number of halogens is 2. The molecule has 0 spiro atoms. The predicted molar refractivity (Wildman–Crippen MR) is 83.3 cm³/mol. The molecule has 0 aliphatic carbocycles. The van der Waals surface area contributed by atoms with Crippen LogP contribution in [0.1, 0.15) is 20.3 Å². The second kappa shape index (κ2) is 9.52. The van der Waals surface area contributed by atoms with E-state index in [-0.39, 0.29) is 49.6 Å². The Bertz CT molecular complexity index is 421. The van der Waals surface area contributed by atoms with Gasteiger partial charge in [-0.05, 0) is 26.0 Å². The lowest BCUT2D eigenvalue weighted by Gasteiger charge is -2.17. The second-order valence-electron chi connectivity index (χ2n) is 4.51. The van der Waals surface area contributed by atoms with Crippen LogP contribution in [0.2, 0.25) is 0 Å². The summed E-state index contributed by atoms with van der Waals surface area (Å²) in [6, 6.07) is 3.39. The van der Waals surface area contributed by atoms with E-state index in [9.17, 15) is 9.59 Å². The van der Waals surface area contributed by atoms with Crippen molar-refractivity contribution in [1.82, 2.24) is 10.3 Å². The smallest absolute Gasteiger partial charge is 0.239 e. The molecule has 114 valence electrons. The molecule has 2 amide bonds. The topological polar surface area (TPSA) is 97.1 Å². The summed E-state index contributed by atoms with van der Waals surface area (Å²) in [5.74, 6) is -0.449. The van der Waals surface area contributed by atoms with E-state index in [0.29, 0.717) is 5.69 Å². The lowest BCUT2D eigenvalue weighted by molar-refractivity contribution is -0.125. The number of amides is 2. The molecule has 0 bridgehead atoms. The second-order valence-corrected chi connectivity index (χ2v) is 4.51. The minimum Gasteiger partial charge on any atom is -0.354 e. The lowest BCUT2D eigenvalue weighted by atomic mass is 10.1. The van der Waals surface area contributed by atoms with Gasteiger partial charge in [0.05, 0.1) is 5.54 Å². The van der Waals surface area contributed by atoms with E-state index in [1.54, 1.807) is 38.4 Å². The van der Waals surface area contributed by atoms with Crippen molar-refractivity contribution in [3.05, 3.63) is 24.5 Å². The number of pyridine rings is 1. The van der Waals surface area contributed by atoms with E-state index in [1.807, 2.05) is 0 Å². The van der Waals surface area contributed by atoms with Gasteiger partial charge in [0.15, 0.2) is 0 Å². The first kappa shape index (κ1) is 20.9. The van der Waals surface area contributed by atoms with Gasteiger partial charge in [0.25, 0.3) is 0 Å². The third-order valence-corrected chi connectivity index (χ3v) is 2.19. The van der Waals surface area contributed by atoms with Crippen LogP contribution in [0.15, 0.2) is 24.5 Å². The van der Waals surface area contributed by atoms with Crippen molar-refractivity contribution in [3.63, 3.8) is 0 Å². The van der Waals surface area contributed by atoms with Gasteiger partial charge in [-0.3, -0.25) is 14.6 Å². The van der Waals surface area contributed by atoms with Gasteiger partial charge in [-0.2, -0.15) is 0 Å². The molecular weight excluding hydrogens is 303 g/mol. The number of aromatic nitrogens is 1. The van der Waals surface area contributed by atoms with Gasteiger partial charge in [0.2, 0.25) is 11.8 Å². The summed E-state index contributed by atoms with van der Waals surface area (Å²) in [6.07, 6.45) is 3.38. The molecule has 0 saturated heterocycles. The Morgan fingerprint density at radius 3 is 2.30 bits per heavy atom. The molecule has 0 unspecified atom stereocenters. The minimum absolute atomic E-state index is 0. The zero-order chi connectivity index (χ0) is 13.6. The molecule has 0 radical (unpaired) electrons. The fourth-order valence-electron chi connectivity index (χ4n) is 1.18. The van der Waals surface area contributed by atoms with Crippen LogP contribution in [0.5, 0.6) is 0 Å². The summed E-state index contributed by atoms with van der Waals surface area (Å²) >= 11 is 0. The molecule has 1 aromatic rings. The molecule has 0 aliphatic heterocycles. The van der Waals surface area contributed by atoms with Crippen molar-refractivity contribution in [2.45, 2.75) is 25.8 Å². The lowest BCUT2D eigenvalue weighted by Crippen LogP contribution is -2.49. The van der Waals surface area contributed by atoms with Crippen molar-refractivity contribution in [1.29, 1.82) is 0 Å². The van der Waals surface area contributed by atoms with Crippen LogP contribution >= 0.6 is 24.8 Å². The minimum atomic E-state index is -0.929. The summed E-state index contributed by atoms with van der Waals surface area (Å²) in [7, 11) is 0. The largest absolute Gasteiger partial charge is 0.354 e. The quantitative estimate of drug-likeness (QED) is 0.756. The monoisotopic (exact) mass is 322 g/mol. The number of carbonyl (C=O) groups is 2. The predicted octanol–water partition coefficient (Wildman–Crippen LogP) is 1.11. The van der Waals surface area contributed by atoms with Gasteiger partial charge in [-0.15, -0.1) is 24.8 Å². The van der Waals surface area contributed by atoms with Crippen LogP contribution in [0, 0.1) is 0 Å². The summed E-state index contributed by atoms with van der Waals surface area (Å²) in [5, 5.41) is 5.30. The third-order valence-electron chi connectivity index (χ3n) is 2.19. The Morgan fingerprint density at radius 2 is 1.80 bits per heavy atom. The summed E-state index contributed by atoms with van der Waals surface area (Å²) in [5.41, 5.74) is 5.35. The molecule has 0 fully saturated rings. The number of anilines is 1. The van der Waals surface area contributed by atoms with Gasteiger partial charge in [-0.1, -0.05) is 0 Å². The Kier molecular flexibility index (Phi) is 9.97. The van der Waals surface area contributed by atoms with Crippen molar-refractivity contribution in [2.75, 3.05) is 11.9 Å². The van der Waals surface area contributed by atoms with Crippen LogP contribution in [-0.2, 0) is 9.59 Å². The van der Waals surface area contributed by atoms with E-state index in [0.717, 1.165) is 0 Å². The Balaban J connectivity index is 0. The van der Waals surface area contributed by atoms with Crippen LogP contribution in [0.25, 0.3) is 0 Å². The molecule has 4 N–H and O–H groups in total. The Labute approximate surface area is 130 Å². The molecule has 0 aromatic carbocycles. The number of nitrogens with two attached hydrogens (primary N) is 1. The van der Waals surface area contributed by atoms with Crippen molar-refractivity contribution >= 4 is 42.3 Å². The van der Waals surface area contributed by atoms with Crippen molar-refractivity contribution < 1.29 is 9.59 Å². The molecule has 8 heteroatoms. The maximum Gasteiger partial charge on any atom is 0.239 e. The highest BCUT2D eigenvalue weighted by atomic mass is 35.5. The fourth-order valence-corrected chi connectivity index (χ4v) is 1.18. The molecule has 1 aromatic heterocycles. The highest BCUT2D eigenvalue weighted by molar-refractivity contribution is 5.91. The number of hydrogen-bond acceptors (Lipinski definition) is 4. The highest BCUT2D eigenvalue weighted by Gasteiger charge is 2.21. The number of hydrogen-bond donors (Lipinski definition) is 3. The zero-order valence-corrected chi connectivity index (χ0v) is 13.0. The summed E-state index contributed by atoms with van der Waals surface area (Å²) in [6.45, 7) is 3.48. The molecule has 0 atom stereocenters. The van der Waals surface area contributed by atoms with Gasteiger partial charge in [-0.25, -0.2) is 0 Å². The van der Waals surface area contributed by atoms with Crippen LogP contribution in [-0.4, -0.2) is 28.9 Å². The van der Waals surface area contributed by atoms with Gasteiger partial charge in [0.1, 0.15) is 0 Å². The number of rotatable bonds is 5. The molecule has 0 aliphatic rings. The summed E-state index contributed by atoms with van der Waals surface area (Å²) < 4.78 is 0. The van der Waals surface area contributed by atoms with Crippen molar-refractivity contribution in [2.24, 2.45) is 5.73 Å². The van der Waals surface area contributed by atoms with E-state index in [1.165, 1.54) is 0 Å².